The van der Waals surface area contributed by atoms with Crippen molar-refractivity contribution in [2.45, 2.75) is 33.6 Å². The van der Waals surface area contributed by atoms with Crippen LogP contribution in [0.1, 0.15) is 30.9 Å². The predicted molar refractivity (Wildman–Crippen MR) is 64.3 cm³/mol. The van der Waals surface area contributed by atoms with Crippen LogP contribution < -0.4 is 4.90 Å². The summed E-state index contributed by atoms with van der Waals surface area (Å²) in [7, 11) is 0. The summed E-state index contributed by atoms with van der Waals surface area (Å²) in [5.41, 5.74) is 2.69. The van der Waals surface area contributed by atoms with E-state index in [1.165, 1.54) is 42.9 Å². The van der Waals surface area contributed by atoms with Crippen LogP contribution in [0.25, 0.3) is 0 Å². The number of pyridine rings is 1. The average molecular weight is 204 g/mol. The number of anilines is 1. The Kier molecular flexibility index (Phi) is 2.94. The van der Waals surface area contributed by atoms with Gasteiger partial charge in [0.25, 0.3) is 0 Å². The smallest absolute Gasteiger partial charge is 0.131 e. The van der Waals surface area contributed by atoms with Crippen LogP contribution in [0.15, 0.2) is 12.3 Å². The number of nitrogens with zero attached hydrogens (tertiary/aromatic N) is 2. The summed E-state index contributed by atoms with van der Waals surface area (Å²) >= 11 is 0. The molecule has 15 heavy (non-hydrogen) atoms. The molecule has 0 saturated carbocycles. The zero-order chi connectivity index (χ0) is 10.8. The van der Waals surface area contributed by atoms with Crippen molar-refractivity contribution >= 4 is 5.82 Å². The van der Waals surface area contributed by atoms with Gasteiger partial charge >= 0.3 is 0 Å². The van der Waals surface area contributed by atoms with E-state index >= 15 is 0 Å². The topological polar surface area (TPSA) is 16.1 Å². The largest absolute Gasteiger partial charge is 0.356 e. The fraction of sp³-hybridized carbons (Fsp3) is 0.615. The van der Waals surface area contributed by atoms with Gasteiger partial charge < -0.3 is 4.90 Å². The fourth-order valence-corrected chi connectivity index (χ4v) is 2.29. The zero-order valence-corrected chi connectivity index (χ0v) is 9.95. The number of aryl methyl sites for hydroxylation is 1. The number of hydrogen-bond donors (Lipinski definition) is 0. The highest BCUT2D eigenvalue weighted by atomic mass is 15.2. The molecule has 0 aromatic carbocycles. The third-order valence-electron chi connectivity index (χ3n) is 3.61. The maximum Gasteiger partial charge on any atom is 0.131 e. The Morgan fingerprint density at radius 3 is 2.93 bits per heavy atom. The van der Waals surface area contributed by atoms with E-state index in [-0.39, 0.29) is 0 Å². The first-order chi connectivity index (χ1) is 7.22. The molecule has 0 radical (unpaired) electrons. The van der Waals surface area contributed by atoms with E-state index in [2.05, 4.69) is 36.7 Å². The molecule has 82 valence electrons. The van der Waals surface area contributed by atoms with Gasteiger partial charge in [-0.15, -0.1) is 0 Å². The van der Waals surface area contributed by atoms with Gasteiger partial charge in [0.15, 0.2) is 0 Å². The molecule has 0 aliphatic carbocycles. The molecule has 1 aliphatic rings. The lowest BCUT2D eigenvalue weighted by Crippen LogP contribution is -2.21. The SMILES string of the molecule is CCC1CCN(c2nccc(C)c2C)C1. The standard InChI is InChI=1S/C13H20N2/c1-4-12-6-8-15(9-12)13-11(3)10(2)5-7-14-13/h5,7,12H,4,6,8-9H2,1-3H3. The minimum atomic E-state index is 0.867. The first-order valence-corrected chi connectivity index (χ1v) is 5.89. The molecule has 2 heteroatoms. The third kappa shape index (κ3) is 1.99. The molecule has 2 rings (SSSR count). The van der Waals surface area contributed by atoms with Gasteiger partial charge in [-0.1, -0.05) is 13.3 Å². The van der Waals surface area contributed by atoms with Crippen molar-refractivity contribution in [2.75, 3.05) is 18.0 Å². The molecular formula is C13H20N2. The molecular weight excluding hydrogens is 184 g/mol. The maximum absolute atomic E-state index is 4.52. The van der Waals surface area contributed by atoms with Crippen molar-refractivity contribution in [3.05, 3.63) is 23.4 Å². The maximum atomic E-state index is 4.52. The van der Waals surface area contributed by atoms with E-state index in [0.717, 1.165) is 5.92 Å². The van der Waals surface area contributed by atoms with Crippen LogP contribution in [0.4, 0.5) is 5.82 Å². The Labute approximate surface area is 92.3 Å². The Balaban J connectivity index is 2.20. The molecule has 0 N–H and O–H groups in total. The lowest BCUT2D eigenvalue weighted by Gasteiger charge is -2.20. The van der Waals surface area contributed by atoms with Gasteiger partial charge in [0.2, 0.25) is 0 Å². The summed E-state index contributed by atoms with van der Waals surface area (Å²) in [4.78, 5) is 6.96. The molecule has 0 spiro atoms. The lowest BCUT2D eigenvalue weighted by molar-refractivity contribution is 0.568. The van der Waals surface area contributed by atoms with Crippen LogP contribution in [0.5, 0.6) is 0 Å². The second-order valence-electron chi connectivity index (χ2n) is 4.59. The van der Waals surface area contributed by atoms with Crippen LogP contribution in [0.3, 0.4) is 0 Å². The van der Waals surface area contributed by atoms with Crippen molar-refractivity contribution in [1.29, 1.82) is 0 Å². The molecule has 1 unspecified atom stereocenters. The van der Waals surface area contributed by atoms with Crippen LogP contribution in [0, 0.1) is 19.8 Å². The zero-order valence-electron chi connectivity index (χ0n) is 9.95. The fourth-order valence-electron chi connectivity index (χ4n) is 2.29. The van der Waals surface area contributed by atoms with Gasteiger partial charge in [0.05, 0.1) is 0 Å². The second-order valence-corrected chi connectivity index (χ2v) is 4.59. The van der Waals surface area contributed by atoms with Crippen LogP contribution >= 0.6 is 0 Å². The van der Waals surface area contributed by atoms with Crippen molar-refractivity contribution in [1.82, 2.24) is 4.98 Å². The van der Waals surface area contributed by atoms with Gasteiger partial charge in [0.1, 0.15) is 5.82 Å². The van der Waals surface area contributed by atoms with Gasteiger partial charge in [-0.25, -0.2) is 4.98 Å². The quantitative estimate of drug-likeness (QED) is 0.736. The van der Waals surface area contributed by atoms with Crippen molar-refractivity contribution in [3.8, 4) is 0 Å². The van der Waals surface area contributed by atoms with Gasteiger partial charge in [0, 0.05) is 19.3 Å². The van der Waals surface area contributed by atoms with Gasteiger partial charge in [-0.05, 0) is 43.4 Å². The molecule has 0 amide bonds. The summed E-state index contributed by atoms with van der Waals surface area (Å²) in [6.07, 6.45) is 4.55. The van der Waals surface area contributed by atoms with Crippen LogP contribution in [0.2, 0.25) is 0 Å². The third-order valence-corrected chi connectivity index (χ3v) is 3.61. The predicted octanol–water partition coefficient (Wildman–Crippen LogP) is 2.93. The molecule has 1 aromatic heterocycles. The number of aromatic nitrogens is 1. The lowest BCUT2D eigenvalue weighted by atomic mass is 10.1. The second kappa shape index (κ2) is 4.21. The van der Waals surface area contributed by atoms with E-state index in [1.54, 1.807) is 0 Å². The minimum absolute atomic E-state index is 0.867. The summed E-state index contributed by atoms with van der Waals surface area (Å²) in [6, 6.07) is 2.09. The molecule has 2 nitrogen and oxygen atoms in total. The molecule has 1 saturated heterocycles. The highest BCUT2D eigenvalue weighted by Gasteiger charge is 2.23. The molecule has 1 atom stereocenters. The van der Waals surface area contributed by atoms with Crippen molar-refractivity contribution < 1.29 is 0 Å². The van der Waals surface area contributed by atoms with Crippen LogP contribution in [-0.2, 0) is 0 Å². The van der Waals surface area contributed by atoms with Crippen LogP contribution in [-0.4, -0.2) is 18.1 Å². The van der Waals surface area contributed by atoms with E-state index in [9.17, 15) is 0 Å². The monoisotopic (exact) mass is 204 g/mol. The molecule has 1 fully saturated rings. The highest BCUT2D eigenvalue weighted by molar-refractivity contribution is 5.50. The molecule has 1 aromatic rings. The van der Waals surface area contributed by atoms with E-state index in [0.29, 0.717) is 0 Å². The Morgan fingerprint density at radius 2 is 2.27 bits per heavy atom. The molecule has 2 heterocycles. The molecule has 0 bridgehead atoms. The normalized spacial score (nSPS) is 21.0. The summed E-state index contributed by atoms with van der Waals surface area (Å²) in [5, 5.41) is 0. The summed E-state index contributed by atoms with van der Waals surface area (Å²) in [6.45, 7) is 8.99. The summed E-state index contributed by atoms with van der Waals surface area (Å²) < 4.78 is 0. The van der Waals surface area contributed by atoms with E-state index in [1.807, 2.05) is 6.20 Å². The van der Waals surface area contributed by atoms with E-state index < -0.39 is 0 Å². The Morgan fingerprint density at radius 1 is 1.47 bits per heavy atom. The average Bonchev–Trinajstić information content (AvgIpc) is 2.70. The highest BCUT2D eigenvalue weighted by Crippen LogP contribution is 2.27. The minimum Gasteiger partial charge on any atom is -0.356 e. The molecule has 1 aliphatic heterocycles. The van der Waals surface area contributed by atoms with Gasteiger partial charge in [-0.3, -0.25) is 0 Å². The Bertz CT molecular complexity index is 346. The van der Waals surface area contributed by atoms with Crippen molar-refractivity contribution in [2.24, 2.45) is 5.92 Å². The number of rotatable bonds is 2. The Hall–Kier alpha value is -1.05. The number of hydrogen-bond acceptors (Lipinski definition) is 2. The van der Waals surface area contributed by atoms with Gasteiger partial charge in [-0.2, -0.15) is 0 Å². The first-order valence-electron chi connectivity index (χ1n) is 5.89. The summed E-state index contributed by atoms with van der Waals surface area (Å²) in [5.74, 6) is 2.07. The first kappa shape index (κ1) is 10.5. The van der Waals surface area contributed by atoms with Crippen molar-refractivity contribution in [3.63, 3.8) is 0 Å². The van der Waals surface area contributed by atoms with E-state index in [4.69, 9.17) is 0 Å².